The first-order valence-electron chi connectivity index (χ1n) is 6.72. The molecule has 0 fully saturated rings. The monoisotopic (exact) mass is 346 g/mol. The smallest absolute Gasteiger partial charge is 0.258 e. The molecule has 6 nitrogen and oxygen atoms in total. The van der Waals surface area contributed by atoms with Gasteiger partial charge in [-0.25, -0.2) is 9.98 Å². The van der Waals surface area contributed by atoms with Crippen LogP contribution in [-0.2, 0) is 5.75 Å². The first-order valence-corrected chi connectivity index (χ1v) is 8.59. The average molecular weight is 346 g/mol. The lowest BCUT2D eigenvalue weighted by atomic mass is 10.3. The van der Waals surface area contributed by atoms with Crippen molar-refractivity contribution >= 4 is 38.9 Å². The van der Waals surface area contributed by atoms with Gasteiger partial charge in [0.1, 0.15) is 5.75 Å². The molecule has 0 unspecified atom stereocenters. The van der Waals surface area contributed by atoms with Crippen LogP contribution in [0.15, 0.2) is 51.7 Å². The lowest BCUT2D eigenvalue weighted by Crippen LogP contribution is -2.13. The zero-order valence-electron chi connectivity index (χ0n) is 12.3. The summed E-state index contributed by atoms with van der Waals surface area (Å²) in [4.78, 5) is 21.3. The number of benzene rings is 1. The number of thioether (sulfide) groups is 1. The second-order valence-corrected chi connectivity index (χ2v) is 6.45. The normalized spacial score (nSPS) is 11.8. The van der Waals surface area contributed by atoms with Gasteiger partial charge in [0, 0.05) is 29.5 Å². The zero-order chi connectivity index (χ0) is 16.2. The Morgan fingerprint density at radius 2 is 2.35 bits per heavy atom. The number of ether oxygens (including phenoxy) is 1. The molecule has 3 rings (SSSR count). The van der Waals surface area contributed by atoms with Crippen molar-refractivity contribution in [1.29, 1.82) is 0 Å². The maximum absolute atomic E-state index is 11.9. The van der Waals surface area contributed by atoms with Gasteiger partial charge in [0.2, 0.25) is 0 Å². The molecule has 0 saturated carbocycles. The summed E-state index contributed by atoms with van der Waals surface area (Å²) in [6.07, 6.45) is 1.71. The molecule has 0 aliphatic heterocycles. The molecule has 0 atom stereocenters. The molecular formula is C15H14N4O2S2. The molecule has 0 spiro atoms. The van der Waals surface area contributed by atoms with Crippen LogP contribution >= 0.6 is 23.1 Å². The minimum atomic E-state index is -0.0878. The number of fused-ring (bicyclic) bond motifs is 1. The third-order valence-corrected chi connectivity index (χ3v) is 4.60. The van der Waals surface area contributed by atoms with Crippen LogP contribution in [0.25, 0.3) is 4.96 Å². The Kier molecular flexibility index (Phi) is 4.63. The first-order chi connectivity index (χ1) is 11.2. The van der Waals surface area contributed by atoms with E-state index in [4.69, 9.17) is 10.5 Å². The molecule has 2 aromatic heterocycles. The van der Waals surface area contributed by atoms with Crippen molar-refractivity contribution in [2.24, 2.45) is 10.7 Å². The summed E-state index contributed by atoms with van der Waals surface area (Å²) in [6, 6.07) is 8.86. The van der Waals surface area contributed by atoms with Crippen LogP contribution in [0.3, 0.4) is 0 Å². The van der Waals surface area contributed by atoms with E-state index < -0.39 is 0 Å². The van der Waals surface area contributed by atoms with Crippen LogP contribution in [0.2, 0.25) is 0 Å². The number of hydrogen-bond acceptors (Lipinski definition) is 6. The molecule has 0 aliphatic carbocycles. The Hall–Kier alpha value is -2.32. The lowest BCUT2D eigenvalue weighted by Gasteiger charge is -2.03. The molecule has 0 saturated heterocycles. The maximum atomic E-state index is 11.9. The van der Waals surface area contributed by atoms with E-state index in [2.05, 4.69) is 9.98 Å². The molecule has 118 valence electrons. The van der Waals surface area contributed by atoms with Crippen molar-refractivity contribution in [2.45, 2.75) is 5.75 Å². The van der Waals surface area contributed by atoms with E-state index in [0.717, 1.165) is 11.4 Å². The van der Waals surface area contributed by atoms with Gasteiger partial charge >= 0.3 is 0 Å². The van der Waals surface area contributed by atoms with Crippen molar-refractivity contribution in [3.63, 3.8) is 0 Å². The minimum Gasteiger partial charge on any atom is -0.497 e. The van der Waals surface area contributed by atoms with E-state index in [9.17, 15) is 4.79 Å². The van der Waals surface area contributed by atoms with Crippen LogP contribution in [0, 0.1) is 0 Å². The number of nitrogens with zero attached hydrogens (tertiary/aromatic N) is 3. The summed E-state index contributed by atoms with van der Waals surface area (Å²) < 4.78 is 6.67. The molecule has 2 heterocycles. The van der Waals surface area contributed by atoms with Crippen molar-refractivity contribution in [3.05, 3.63) is 58.0 Å². The van der Waals surface area contributed by atoms with E-state index in [1.54, 1.807) is 19.4 Å². The van der Waals surface area contributed by atoms with E-state index in [1.165, 1.54) is 33.6 Å². The van der Waals surface area contributed by atoms with Crippen LogP contribution in [-0.4, -0.2) is 21.7 Å². The lowest BCUT2D eigenvalue weighted by molar-refractivity contribution is 0.415. The van der Waals surface area contributed by atoms with Gasteiger partial charge in [0.25, 0.3) is 5.56 Å². The first kappa shape index (κ1) is 15.6. The second-order valence-electron chi connectivity index (χ2n) is 4.58. The van der Waals surface area contributed by atoms with Gasteiger partial charge in [-0.1, -0.05) is 17.8 Å². The van der Waals surface area contributed by atoms with E-state index in [-0.39, 0.29) is 5.56 Å². The Labute approximate surface area is 140 Å². The molecule has 0 radical (unpaired) electrons. The summed E-state index contributed by atoms with van der Waals surface area (Å²) in [5.74, 6) is 1.21. The van der Waals surface area contributed by atoms with E-state index in [0.29, 0.717) is 21.6 Å². The average Bonchev–Trinajstić information content (AvgIpc) is 3.02. The predicted molar refractivity (Wildman–Crippen MR) is 94.9 cm³/mol. The quantitative estimate of drug-likeness (QED) is 0.580. The fourth-order valence-electron chi connectivity index (χ4n) is 1.95. The van der Waals surface area contributed by atoms with Crippen molar-refractivity contribution in [3.8, 4) is 5.75 Å². The number of rotatable bonds is 4. The van der Waals surface area contributed by atoms with Gasteiger partial charge < -0.3 is 10.5 Å². The molecule has 3 aromatic rings. The minimum absolute atomic E-state index is 0.0878. The van der Waals surface area contributed by atoms with Crippen molar-refractivity contribution < 1.29 is 4.74 Å². The highest BCUT2D eigenvalue weighted by atomic mass is 32.2. The second kappa shape index (κ2) is 6.84. The van der Waals surface area contributed by atoms with Gasteiger partial charge in [0.15, 0.2) is 10.1 Å². The summed E-state index contributed by atoms with van der Waals surface area (Å²) >= 11 is 2.76. The number of aromatic nitrogens is 2. The number of hydrogen-bond donors (Lipinski definition) is 1. The summed E-state index contributed by atoms with van der Waals surface area (Å²) in [7, 11) is 1.60. The molecular weight excluding hydrogens is 332 g/mol. The maximum Gasteiger partial charge on any atom is 0.258 e. The molecule has 0 bridgehead atoms. The summed E-state index contributed by atoms with van der Waals surface area (Å²) in [5.41, 5.74) is 7.26. The Morgan fingerprint density at radius 3 is 3.17 bits per heavy atom. The van der Waals surface area contributed by atoms with E-state index >= 15 is 0 Å². The van der Waals surface area contributed by atoms with Gasteiger partial charge in [-0.05, 0) is 12.1 Å². The van der Waals surface area contributed by atoms with Crippen molar-refractivity contribution in [2.75, 3.05) is 7.11 Å². The Balaban J connectivity index is 1.73. The van der Waals surface area contributed by atoms with Crippen LogP contribution < -0.4 is 16.0 Å². The molecule has 0 amide bonds. The van der Waals surface area contributed by atoms with E-state index in [1.807, 2.05) is 23.6 Å². The molecule has 23 heavy (non-hydrogen) atoms. The highest BCUT2D eigenvalue weighted by Crippen LogP contribution is 2.21. The number of thiazole rings is 1. The van der Waals surface area contributed by atoms with Gasteiger partial charge in [-0.2, -0.15) is 0 Å². The third-order valence-electron chi connectivity index (χ3n) is 3.02. The van der Waals surface area contributed by atoms with Crippen LogP contribution in [0.5, 0.6) is 5.75 Å². The highest BCUT2D eigenvalue weighted by Gasteiger charge is 2.05. The summed E-state index contributed by atoms with van der Waals surface area (Å²) in [5, 5.41) is 2.24. The molecule has 1 aromatic carbocycles. The Morgan fingerprint density at radius 1 is 1.48 bits per heavy atom. The Bertz CT molecular complexity index is 917. The van der Waals surface area contributed by atoms with Gasteiger partial charge in [0.05, 0.1) is 18.5 Å². The van der Waals surface area contributed by atoms with Crippen LogP contribution in [0.4, 0.5) is 5.69 Å². The predicted octanol–water partition coefficient (Wildman–Crippen LogP) is 2.64. The van der Waals surface area contributed by atoms with Gasteiger partial charge in [-0.15, -0.1) is 11.3 Å². The standard InChI is InChI=1S/C15H14N4O2S2/c1-21-12-4-2-3-10(7-12)17-14(16)23-9-11-8-13(20)19-5-6-22-15(19)18-11/h2-8H,9H2,1H3,(H2,16,17). The third kappa shape index (κ3) is 3.72. The summed E-state index contributed by atoms with van der Waals surface area (Å²) in [6.45, 7) is 0. The zero-order valence-corrected chi connectivity index (χ0v) is 13.9. The molecule has 0 aliphatic rings. The van der Waals surface area contributed by atoms with Crippen molar-refractivity contribution in [1.82, 2.24) is 9.38 Å². The number of nitrogens with two attached hydrogens (primary N) is 1. The van der Waals surface area contributed by atoms with Gasteiger partial charge in [-0.3, -0.25) is 9.20 Å². The molecule has 2 N–H and O–H groups in total. The molecule has 8 heteroatoms. The SMILES string of the molecule is COc1cccc(N=C(N)SCc2cc(=O)n3ccsc3n2)c1. The fourth-order valence-corrected chi connectivity index (χ4v) is 3.30. The topological polar surface area (TPSA) is 82.0 Å². The largest absolute Gasteiger partial charge is 0.497 e. The van der Waals surface area contributed by atoms with Crippen LogP contribution in [0.1, 0.15) is 5.69 Å². The highest BCUT2D eigenvalue weighted by molar-refractivity contribution is 8.13. The number of amidine groups is 1. The number of aliphatic imine (C=N–C) groups is 1. The fraction of sp³-hybridized carbons (Fsp3) is 0.133. The number of methoxy groups -OCH3 is 1.